The molecule has 0 radical (unpaired) electrons. The highest BCUT2D eigenvalue weighted by molar-refractivity contribution is 5.74. The third-order valence-corrected chi connectivity index (χ3v) is 17.0. The van der Waals surface area contributed by atoms with Gasteiger partial charge >= 0.3 is 0 Å². The van der Waals surface area contributed by atoms with Gasteiger partial charge in [0, 0.05) is 45.3 Å². The van der Waals surface area contributed by atoms with Crippen LogP contribution in [0, 0.1) is 41.5 Å². The van der Waals surface area contributed by atoms with Crippen molar-refractivity contribution in [3.8, 4) is 126 Å². The number of nitrogen functional groups attached to an aromatic ring is 9. The van der Waals surface area contributed by atoms with Crippen LogP contribution in [-0.4, -0.2) is 30.6 Å². The molecule has 0 heterocycles. The second-order valence-corrected chi connectivity index (χ2v) is 25.3. The molecule has 0 saturated heterocycles. The number of hydrogen-bond donors (Lipinski definition) is 15. The molecule has 0 saturated carbocycles. The normalized spacial score (nSPS) is 10.3. The SMILES string of the molecule is Cc1cc(Oc2ccc(N)cc2)c(C)c(C)c1O.Cc1cc(Oc2ccc(N)cc2N)c(C)c(C)c1O.Nc1ccc(Oc2ccc(O)c(-c3ccccc3)c2)c(N)c1.Nc1ccc(Oc2ccc(O)c(-c3ccccc3)c2)cc1.Nc1ccc(Oc2ccccc2O)c(N)c1.Nc1ccc(Oc2ccccc2O)cc1. The number of rotatable bonds is 14. The van der Waals surface area contributed by atoms with Crippen molar-refractivity contribution in [3.05, 3.63) is 318 Å². The molecule has 0 amide bonds. The maximum atomic E-state index is 10.0. The smallest absolute Gasteiger partial charge is 0.169 e. The second-order valence-electron chi connectivity index (χ2n) is 25.3. The summed E-state index contributed by atoms with van der Waals surface area (Å²) >= 11 is 0. The quantitative estimate of drug-likeness (QED) is 0.0450. The number of phenolic OH excluding ortho intramolecular Hbond substituents is 6. The third-order valence-electron chi connectivity index (χ3n) is 17.0. The summed E-state index contributed by atoms with van der Waals surface area (Å²) in [6, 6.07) is 83.3. The van der Waals surface area contributed by atoms with Crippen molar-refractivity contribution in [1.29, 1.82) is 0 Å². The maximum Gasteiger partial charge on any atom is 0.169 e. The Labute approximate surface area is 644 Å². The minimum atomic E-state index is 0.0683. The van der Waals surface area contributed by atoms with E-state index in [1.807, 2.05) is 139 Å². The van der Waals surface area contributed by atoms with Gasteiger partial charge in [-0.2, -0.15) is 0 Å². The van der Waals surface area contributed by atoms with E-state index >= 15 is 0 Å². The van der Waals surface area contributed by atoms with Gasteiger partial charge in [-0.15, -0.1) is 0 Å². The van der Waals surface area contributed by atoms with E-state index in [2.05, 4.69) is 0 Å². The predicted octanol–water partition coefficient (Wildman–Crippen LogP) is 20.5. The lowest BCUT2D eigenvalue weighted by atomic mass is 10.0. The molecule has 0 bridgehead atoms. The first kappa shape index (κ1) is 80.0. The molecule has 14 aromatic rings. The van der Waals surface area contributed by atoms with Gasteiger partial charge in [-0.05, 0) is 286 Å². The molecule has 0 fully saturated rings. The Morgan fingerprint density at radius 3 is 0.856 bits per heavy atom. The van der Waals surface area contributed by atoms with Gasteiger partial charge in [0.2, 0.25) is 0 Å². The van der Waals surface area contributed by atoms with Crippen LogP contribution in [-0.2, 0) is 0 Å². The summed E-state index contributed by atoms with van der Waals surface area (Å²) in [4.78, 5) is 0. The van der Waals surface area contributed by atoms with Crippen LogP contribution in [0.2, 0.25) is 0 Å². The summed E-state index contributed by atoms with van der Waals surface area (Å²) < 4.78 is 34.1. The highest BCUT2D eigenvalue weighted by atomic mass is 16.5. The number of aryl methyl sites for hydroxylation is 2. The number of phenols is 6. The van der Waals surface area contributed by atoms with E-state index in [0.717, 1.165) is 61.6 Å². The first-order valence-corrected chi connectivity index (χ1v) is 34.7. The number of ether oxygens (including phenoxy) is 6. The molecular formula is C90H89N9O12. The maximum absolute atomic E-state index is 10.0. The molecule has 14 aromatic carbocycles. The van der Waals surface area contributed by atoms with Crippen LogP contribution in [0.5, 0.6) is 103 Å². The average molecular weight is 1490 g/mol. The molecule has 14 rings (SSSR count). The molecule has 0 atom stereocenters. The number of para-hydroxylation sites is 4. The van der Waals surface area contributed by atoms with Gasteiger partial charge in [0.1, 0.15) is 74.7 Å². The minimum Gasteiger partial charge on any atom is -0.507 e. The number of aromatic hydroxyl groups is 6. The fraction of sp³-hybridized carbons (Fsp3) is 0.0667. The Morgan fingerprint density at radius 1 is 0.207 bits per heavy atom. The number of benzene rings is 14. The van der Waals surface area contributed by atoms with Crippen molar-refractivity contribution in [3.63, 3.8) is 0 Å². The fourth-order valence-corrected chi connectivity index (χ4v) is 10.6. The molecule has 21 heteroatoms. The number of hydrogen-bond acceptors (Lipinski definition) is 21. The third kappa shape index (κ3) is 22.7. The van der Waals surface area contributed by atoms with Gasteiger partial charge < -0.3 is 111 Å². The Bertz CT molecular complexity index is 5450. The minimum absolute atomic E-state index is 0.0683. The first-order chi connectivity index (χ1) is 53.2. The Morgan fingerprint density at radius 2 is 0.486 bits per heavy atom. The van der Waals surface area contributed by atoms with Crippen LogP contribution in [0.4, 0.5) is 51.2 Å². The zero-order valence-electron chi connectivity index (χ0n) is 62.0. The van der Waals surface area contributed by atoms with Crippen LogP contribution in [0.15, 0.2) is 285 Å². The number of anilines is 9. The standard InChI is InChI=1S/C18H16N2O2.C18H15NO2.C15H18N2O2.C15H17NO2.C12H12N2O2.C12H11NO2/c19-13-6-9-18(16(20)10-13)22-14-7-8-17(21)15(11-14)12-4-2-1-3-5-12;19-14-6-8-15(9-7-14)21-16-10-11-18(20)17(12-16)13-4-2-1-3-5-13;1-8-6-14(9(2)10(3)15(8)18)19-13-5-4-11(16)7-12(13)17;1-9-8-14(10(2)11(3)15(9)17)18-13-6-4-12(16)5-7-13;13-8-5-6-11(9(14)7-8)16-12-4-2-1-3-10(12)15;13-9-5-7-10(8-6-9)15-12-4-2-1-3-11(12)14/h1-11,21H,19-20H2;1-12,20H,19H2;4-7,18H,16-17H2,1-3H3;4-8,17H,16H2,1-3H3;1-7,15H,13-14H2;1-8,14H,13H2. The molecular weight excluding hydrogens is 1400 g/mol. The van der Waals surface area contributed by atoms with E-state index in [9.17, 15) is 30.6 Å². The van der Waals surface area contributed by atoms with Crippen molar-refractivity contribution >= 4 is 51.2 Å². The summed E-state index contributed by atoms with van der Waals surface area (Å²) in [5.41, 5.74) is 64.8. The number of nitrogens with two attached hydrogens (primary N) is 9. The van der Waals surface area contributed by atoms with Crippen molar-refractivity contribution < 1.29 is 59.1 Å². The Hall–Kier alpha value is -15.1. The van der Waals surface area contributed by atoms with Gasteiger partial charge in [-0.3, -0.25) is 0 Å². The topological polar surface area (TPSA) is 411 Å². The van der Waals surface area contributed by atoms with Gasteiger partial charge in [-0.25, -0.2) is 0 Å². The van der Waals surface area contributed by atoms with E-state index in [1.165, 1.54) is 0 Å². The molecule has 0 aliphatic rings. The van der Waals surface area contributed by atoms with Gasteiger partial charge in [0.05, 0.1) is 17.1 Å². The molecule has 0 unspecified atom stereocenters. The van der Waals surface area contributed by atoms with Crippen LogP contribution < -0.4 is 80.0 Å². The summed E-state index contributed by atoms with van der Waals surface area (Å²) in [6.45, 7) is 11.3. The first-order valence-electron chi connectivity index (χ1n) is 34.7. The molecule has 566 valence electrons. The van der Waals surface area contributed by atoms with E-state index in [0.29, 0.717) is 126 Å². The lowest BCUT2D eigenvalue weighted by molar-refractivity contribution is 0.411. The lowest BCUT2D eigenvalue weighted by Gasteiger charge is -2.15. The van der Waals surface area contributed by atoms with Gasteiger partial charge in [0.15, 0.2) is 28.7 Å². The molecule has 21 nitrogen and oxygen atoms in total. The highest BCUT2D eigenvalue weighted by Gasteiger charge is 2.16. The molecule has 24 N–H and O–H groups in total. The van der Waals surface area contributed by atoms with Crippen LogP contribution in [0.3, 0.4) is 0 Å². The summed E-state index contributed by atoms with van der Waals surface area (Å²) in [5, 5.41) is 58.8. The highest BCUT2D eigenvalue weighted by Crippen LogP contribution is 2.41. The lowest BCUT2D eigenvalue weighted by Crippen LogP contribution is -1.97. The zero-order valence-corrected chi connectivity index (χ0v) is 62.0. The van der Waals surface area contributed by atoms with Crippen LogP contribution in [0.1, 0.15) is 33.4 Å². The monoisotopic (exact) mass is 1490 g/mol. The summed E-state index contributed by atoms with van der Waals surface area (Å²) in [5.74, 6) is 8.37. The Kier molecular flexibility index (Phi) is 27.2. The average Bonchev–Trinajstić information content (AvgIpc) is 0.815. The zero-order chi connectivity index (χ0) is 79.8. The van der Waals surface area contributed by atoms with Gasteiger partial charge in [0.25, 0.3) is 0 Å². The van der Waals surface area contributed by atoms with E-state index in [4.69, 9.17) is 80.0 Å². The fourth-order valence-electron chi connectivity index (χ4n) is 10.6. The summed E-state index contributed by atoms with van der Waals surface area (Å²) in [6.07, 6.45) is 0. The summed E-state index contributed by atoms with van der Waals surface area (Å²) in [7, 11) is 0. The van der Waals surface area contributed by atoms with Crippen molar-refractivity contribution in [2.75, 3.05) is 51.6 Å². The molecule has 0 aromatic heterocycles. The second kappa shape index (κ2) is 37.7. The van der Waals surface area contributed by atoms with Crippen LogP contribution in [0.25, 0.3) is 22.3 Å². The van der Waals surface area contributed by atoms with Gasteiger partial charge in [-0.1, -0.05) is 84.9 Å². The van der Waals surface area contributed by atoms with Crippen LogP contribution >= 0.6 is 0 Å². The molecule has 111 heavy (non-hydrogen) atoms. The largest absolute Gasteiger partial charge is 0.507 e. The predicted molar refractivity (Wildman–Crippen MR) is 447 cm³/mol. The molecule has 0 aliphatic carbocycles. The molecule has 0 aliphatic heterocycles. The van der Waals surface area contributed by atoms with Crippen molar-refractivity contribution in [1.82, 2.24) is 0 Å². The van der Waals surface area contributed by atoms with Crippen molar-refractivity contribution in [2.45, 2.75) is 41.5 Å². The Balaban J connectivity index is 0.000000154. The van der Waals surface area contributed by atoms with E-state index < -0.39 is 0 Å². The van der Waals surface area contributed by atoms with E-state index in [-0.39, 0.29) is 23.0 Å². The molecule has 0 spiro atoms. The van der Waals surface area contributed by atoms with E-state index in [1.54, 1.807) is 188 Å². The van der Waals surface area contributed by atoms with Crippen molar-refractivity contribution in [2.24, 2.45) is 0 Å².